The molecule has 1 aromatic heterocycles. The average Bonchev–Trinajstić information content (AvgIpc) is 2.85. The molecule has 0 bridgehead atoms. The summed E-state index contributed by atoms with van der Waals surface area (Å²) in [5, 5.41) is 6.27. The highest BCUT2D eigenvalue weighted by atomic mass is 19.1. The predicted octanol–water partition coefficient (Wildman–Crippen LogP) is 5.09. The van der Waals surface area contributed by atoms with Crippen LogP contribution in [0.15, 0.2) is 49.2 Å². The van der Waals surface area contributed by atoms with Gasteiger partial charge >= 0.3 is 0 Å². The van der Waals surface area contributed by atoms with Gasteiger partial charge in [0, 0.05) is 36.5 Å². The molecule has 10 heteroatoms. The number of aromatic nitrogens is 2. The Balaban J connectivity index is 1.64. The molecule has 0 unspecified atom stereocenters. The molecule has 36 heavy (non-hydrogen) atoms. The molecule has 190 valence electrons. The van der Waals surface area contributed by atoms with Gasteiger partial charge in [0.1, 0.15) is 23.3 Å². The van der Waals surface area contributed by atoms with Crippen LogP contribution in [0.2, 0.25) is 0 Å². The highest BCUT2D eigenvalue weighted by Gasteiger charge is 2.25. The molecule has 0 aliphatic carbocycles. The minimum atomic E-state index is -1.07. The summed E-state index contributed by atoms with van der Waals surface area (Å²) in [4.78, 5) is 10.2. The molecule has 2 heterocycles. The first kappa shape index (κ1) is 25.4. The van der Waals surface area contributed by atoms with Gasteiger partial charge in [0.15, 0.2) is 5.82 Å². The Kier molecular flexibility index (Phi) is 8.04. The lowest BCUT2D eigenvalue weighted by molar-refractivity contribution is 0.357. The highest BCUT2D eigenvalue weighted by molar-refractivity contribution is 5.81. The van der Waals surface area contributed by atoms with Gasteiger partial charge in [-0.15, -0.1) is 0 Å². The minimum absolute atomic E-state index is 0.0376. The number of nitrogen functional groups attached to an aromatic ring is 1. The number of piperidine rings is 1. The maximum Gasteiger partial charge on any atom is 0.225 e. The Morgan fingerprint density at radius 2 is 1.78 bits per heavy atom. The van der Waals surface area contributed by atoms with E-state index in [1.165, 1.54) is 17.2 Å². The summed E-state index contributed by atoms with van der Waals surface area (Å²) in [6.07, 6.45) is 4.00. The molecule has 1 saturated heterocycles. The van der Waals surface area contributed by atoms with Crippen molar-refractivity contribution < 1.29 is 17.6 Å². The largest absolute Gasteiger partial charge is 0.394 e. The van der Waals surface area contributed by atoms with E-state index >= 15 is 0 Å². The average molecular weight is 501 g/mol. The normalized spacial score (nSPS) is 14.0. The standard InChI is InChI=1S/C26H28F4N6/c1-16(24-21(29)12-19(27)13-22(24)30)36(11-8-17-6-9-32-10-7-17)25-23(31)15-34-26(35-25)33-14-18-4-2-3-5-20(18)28/h2-5,12-13,15,17,32H,1,6-11,14,31H2,(H,33,34,35). The van der Waals surface area contributed by atoms with Crippen LogP contribution < -0.4 is 21.3 Å². The van der Waals surface area contributed by atoms with E-state index in [9.17, 15) is 17.6 Å². The quantitative estimate of drug-likeness (QED) is 0.355. The van der Waals surface area contributed by atoms with Gasteiger partial charge in [0.05, 0.1) is 17.4 Å². The van der Waals surface area contributed by atoms with Gasteiger partial charge in [-0.2, -0.15) is 4.98 Å². The number of nitrogens with two attached hydrogens (primary N) is 1. The summed E-state index contributed by atoms with van der Waals surface area (Å²) in [6.45, 7) is 6.15. The van der Waals surface area contributed by atoms with Crippen LogP contribution in [0.3, 0.4) is 0 Å². The van der Waals surface area contributed by atoms with Crippen LogP contribution in [0.1, 0.15) is 30.4 Å². The van der Waals surface area contributed by atoms with E-state index in [0.29, 0.717) is 36.6 Å². The van der Waals surface area contributed by atoms with Crippen molar-refractivity contribution in [2.24, 2.45) is 5.92 Å². The second-order valence-corrected chi connectivity index (χ2v) is 8.74. The third-order valence-electron chi connectivity index (χ3n) is 6.29. The minimum Gasteiger partial charge on any atom is -0.394 e. The van der Waals surface area contributed by atoms with Gasteiger partial charge in [-0.3, -0.25) is 0 Å². The van der Waals surface area contributed by atoms with Crippen molar-refractivity contribution in [1.82, 2.24) is 15.3 Å². The van der Waals surface area contributed by atoms with Crippen LogP contribution >= 0.6 is 0 Å². The molecule has 4 rings (SSSR count). The zero-order valence-electron chi connectivity index (χ0n) is 19.7. The molecule has 6 nitrogen and oxygen atoms in total. The summed E-state index contributed by atoms with van der Waals surface area (Å²) in [5.41, 5.74) is 6.28. The molecular formula is C26H28F4N6. The molecule has 0 spiro atoms. The number of nitrogens with zero attached hydrogens (tertiary/aromatic N) is 3. The van der Waals surface area contributed by atoms with Crippen molar-refractivity contribution in [3.05, 3.63) is 83.6 Å². The maximum atomic E-state index is 14.7. The van der Waals surface area contributed by atoms with E-state index in [0.717, 1.165) is 25.9 Å². The molecule has 3 aromatic rings. The molecular weight excluding hydrogens is 472 g/mol. The summed E-state index contributed by atoms with van der Waals surface area (Å²) in [7, 11) is 0. The molecule has 1 aliphatic heterocycles. The van der Waals surface area contributed by atoms with Gasteiger partial charge in [-0.05, 0) is 44.3 Å². The number of halogens is 4. The zero-order chi connectivity index (χ0) is 25.7. The first-order valence-corrected chi connectivity index (χ1v) is 11.8. The Bertz CT molecular complexity index is 1210. The van der Waals surface area contributed by atoms with Crippen LogP contribution in [0.25, 0.3) is 5.70 Å². The fourth-order valence-corrected chi connectivity index (χ4v) is 4.30. The Morgan fingerprint density at radius 1 is 1.08 bits per heavy atom. The van der Waals surface area contributed by atoms with Crippen molar-refractivity contribution in [3.8, 4) is 0 Å². The van der Waals surface area contributed by atoms with Crippen LogP contribution in [-0.4, -0.2) is 29.6 Å². The smallest absolute Gasteiger partial charge is 0.225 e. The number of benzene rings is 2. The Hall–Kier alpha value is -3.66. The van der Waals surface area contributed by atoms with Gasteiger partial charge < -0.3 is 21.3 Å². The van der Waals surface area contributed by atoms with Gasteiger partial charge in [0.2, 0.25) is 5.95 Å². The van der Waals surface area contributed by atoms with E-state index in [4.69, 9.17) is 5.73 Å². The van der Waals surface area contributed by atoms with E-state index in [2.05, 4.69) is 27.2 Å². The monoisotopic (exact) mass is 500 g/mol. The van der Waals surface area contributed by atoms with Crippen molar-refractivity contribution in [3.63, 3.8) is 0 Å². The molecule has 0 atom stereocenters. The number of hydrogen-bond acceptors (Lipinski definition) is 6. The van der Waals surface area contributed by atoms with Crippen LogP contribution in [-0.2, 0) is 6.54 Å². The molecule has 1 fully saturated rings. The van der Waals surface area contributed by atoms with Gasteiger partial charge in [-0.1, -0.05) is 24.8 Å². The van der Waals surface area contributed by atoms with Crippen molar-refractivity contribution in [1.29, 1.82) is 0 Å². The summed E-state index contributed by atoms with van der Waals surface area (Å²) in [6, 6.07) is 7.51. The maximum absolute atomic E-state index is 14.7. The molecule has 0 radical (unpaired) electrons. The molecule has 4 N–H and O–H groups in total. The van der Waals surface area contributed by atoms with E-state index in [1.54, 1.807) is 18.2 Å². The fraction of sp³-hybridized carbons (Fsp3) is 0.308. The van der Waals surface area contributed by atoms with Crippen LogP contribution in [0.4, 0.5) is 35.0 Å². The lowest BCUT2D eigenvalue weighted by atomic mass is 9.94. The topological polar surface area (TPSA) is 79.1 Å². The van der Waals surface area contributed by atoms with E-state index in [1.807, 2.05) is 0 Å². The first-order valence-electron chi connectivity index (χ1n) is 11.8. The summed E-state index contributed by atoms with van der Waals surface area (Å²) in [5.74, 6) is -2.80. The van der Waals surface area contributed by atoms with E-state index in [-0.39, 0.29) is 35.5 Å². The lowest BCUT2D eigenvalue weighted by Crippen LogP contribution is -2.32. The molecule has 0 saturated carbocycles. The van der Waals surface area contributed by atoms with Crippen molar-refractivity contribution in [2.75, 3.05) is 35.6 Å². The number of hydrogen-bond donors (Lipinski definition) is 3. The van der Waals surface area contributed by atoms with Gasteiger partial charge in [-0.25, -0.2) is 22.5 Å². The van der Waals surface area contributed by atoms with E-state index < -0.39 is 23.0 Å². The predicted molar refractivity (Wildman–Crippen MR) is 133 cm³/mol. The SMILES string of the molecule is C=C(c1c(F)cc(F)cc1F)N(CCC1CCNCC1)c1nc(NCc2ccccc2F)ncc1N. The molecule has 2 aromatic carbocycles. The number of anilines is 3. The van der Waals surface area contributed by atoms with Gasteiger partial charge in [0.25, 0.3) is 0 Å². The molecule has 0 amide bonds. The van der Waals surface area contributed by atoms with Crippen molar-refractivity contribution >= 4 is 23.2 Å². The van der Waals surface area contributed by atoms with Crippen molar-refractivity contribution in [2.45, 2.75) is 25.8 Å². The Labute approximate surface area is 207 Å². The number of nitrogens with one attached hydrogen (secondary N) is 2. The number of rotatable bonds is 9. The van der Waals surface area contributed by atoms with Crippen LogP contribution in [0.5, 0.6) is 0 Å². The summed E-state index contributed by atoms with van der Waals surface area (Å²) >= 11 is 0. The molecule has 1 aliphatic rings. The van der Waals surface area contributed by atoms with Crippen LogP contribution in [0, 0.1) is 29.2 Å². The fourth-order valence-electron chi connectivity index (χ4n) is 4.30. The zero-order valence-corrected chi connectivity index (χ0v) is 19.7. The lowest BCUT2D eigenvalue weighted by Gasteiger charge is -2.30. The second kappa shape index (κ2) is 11.4. The highest BCUT2D eigenvalue weighted by Crippen LogP contribution is 2.33. The first-order chi connectivity index (χ1) is 17.3. The summed E-state index contributed by atoms with van der Waals surface area (Å²) < 4.78 is 56.9. The third-order valence-corrected chi connectivity index (χ3v) is 6.29. The Morgan fingerprint density at radius 3 is 2.47 bits per heavy atom. The second-order valence-electron chi connectivity index (χ2n) is 8.74. The third kappa shape index (κ3) is 5.93.